The predicted molar refractivity (Wildman–Crippen MR) is 64.1 cm³/mol. The normalized spacial score (nSPS) is 12.1. The van der Waals surface area contributed by atoms with Crippen LogP contribution in [-0.4, -0.2) is 4.98 Å². The second-order valence-corrected chi connectivity index (χ2v) is 3.56. The molecule has 0 fully saturated rings. The summed E-state index contributed by atoms with van der Waals surface area (Å²) in [5, 5.41) is 0. The molecule has 0 radical (unpaired) electrons. The molecule has 0 spiro atoms. The predicted octanol–water partition coefficient (Wildman–Crippen LogP) is 2.80. The highest BCUT2D eigenvalue weighted by molar-refractivity contribution is 5.45. The van der Waals surface area contributed by atoms with Gasteiger partial charge in [-0.1, -0.05) is 30.3 Å². The SMILES string of the molecule is CC(Oc1cccnc1N)c1ccccc1. The van der Waals surface area contributed by atoms with Crippen molar-refractivity contribution in [3.05, 3.63) is 54.2 Å². The van der Waals surface area contributed by atoms with Gasteiger partial charge in [-0.25, -0.2) is 4.98 Å². The molecule has 0 saturated carbocycles. The van der Waals surface area contributed by atoms with Crippen LogP contribution in [0.1, 0.15) is 18.6 Å². The van der Waals surface area contributed by atoms with Gasteiger partial charge in [-0.3, -0.25) is 0 Å². The number of nitrogen functional groups attached to an aromatic ring is 1. The zero-order valence-electron chi connectivity index (χ0n) is 9.13. The number of nitrogens with zero attached hydrogens (tertiary/aromatic N) is 1. The molecule has 0 aliphatic rings. The summed E-state index contributed by atoms with van der Waals surface area (Å²) in [5.41, 5.74) is 6.83. The Morgan fingerprint density at radius 3 is 2.56 bits per heavy atom. The molecule has 0 saturated heterocycles. The fourth-order valence-electron chi connectivity index (χ4n) is 1.48. The van der Waals surface area contributed by atoms with Gasteiger partial charge in [0.05, 0.1) is 0 Å². The molecule has 1 unspecified atom stereocenters. The maximum absolute atomic E-state index is 5.74. The van der Waals surface area contributed by atoms with Crippen LogP contribution in [0.2, 0.25) is 0 Å². The van der Waals surface area contributed by atoms with E-state index in [0.717, 1.165) is 5.56 Å². The van der Waals surface area contributed by atoms with Crippen LogP contribution >= 0.6 is 0 Å². The standard InChI is InChI=1S/C13H14N2O/c1-10(11-6-3-2-4-7-11)16-12-8-5-9-15-13(12)14/h2-10H,1H3,(H2,14,15). The van der Waals surface area contributed by atoms with E-state index in [1.165, 1.54) is 0 Å². The highest BCUT2D eigenvalue weighted by Gasteiger charge is 2.08. The van der Waals surface area contributed by atoms with Crippen molar-refractivity contribution in [2.24, 2.45) is 0 Å². The van der Waals surface area contributed by atoms with Crippen molar-refractivity contribution in [1.29, 1.82) is 0 Å². The molecule has 0 aliphatic carbocycles. The molecule has 0 amide bonds. The molecule has 0 bridgehead atoms. The summed E-state index contributed by atoms with van der Waals surface area (Å²) in [6.07, 6.45) is 1.61. The van der Waals surface area contributed by atoms with Crippen LogP contribution < -0.4 is 10.5 Å². The minimum atomic E-state index is -0.0345. The van der Waals surface area contributed by atoms with Gasteiger partial charge >= 0.3 is 0 Å². The van der Waals surface area contributed by atoms with Gasteiger partial charge in [0, 0.05) is 6.20 Å². The molecule has 3 heteroatoms. The second kappa shape index (κ2) is 4.66. The number of nitrogens with two attached hydrogens (primary N) is 1. The third-order valence-corrected chi connectivity index (χ3v) is 2.37. The minimum Gasteiger partial charge on any atom is -0.482 e. The van der Waals surface area contributed by atoms with E-state index >= 15 is 0 Å². The first-order valence-corrected chi connectivity index (χ1v) is 5.19. The van der Waals surface area contributed by atoms with E-state index in [1.807, 2.05) is 49.4 Å². The molecule has 82 valence electrons. The topological polar surface area (TPSA) is 48.1 Å². The van der Waals surface area contributed by atoms with Crippen molar-refractivity contribution in [2.75, 3.05) is 5.73 Å². The number of hydrogen-bond acceptors (Lipinski definition) is 3. The van der Waals surface area contributed by atoms with Crippen molar-refractivity contribution >= 4 is 5.82 Å². The molecule has 2 N–H and O–H groups in total. The van der Waals surface area contributed by atoms with Crippen molar-refractivity contribution in [3.63, 3.8) is 0 Å². The highest BCUT2D eigenvalue weighted by atomic mass is 16.5. The van der Waals surface area contributed by atoms with Gasteiger partial charge in [0.1, 0.15) is 6.10 Å². The Kier molecular flexibility index (Phi) is 3.05. The fraction of sp³-hybridized carbons (Fsp3) is 0.154. The van der Waals surface area contributed by atoms with E-state index in [9.17, 15) is 0 Å². The Morgan fingerprint density at radius 1 is 1.12 bits per heavy atom. The van der Waals surface area contributed by atoms with Crippen LogP contribution in [0.3, 0.4) is 0 Å². The summed E-state index contributed by atoms with van der Waals surface area (Å²) in [7, 11) is 0. The van der Waals surface area contributed by atoms with Gasteiger partial charge in [-0.2, -0.15) is 0 Å². The van der Waals surface area contributed by atoms with Gasteiger partial charge < -0.3 is 10.5 Å². The van der Waals surface area contributed by atoms with Gasteiger partial charge in [0.25, 0.3) is 0 Å². The van der Waals surface area contributed by atoms with Crippen LogP contribution in [0.4, 0.5) is 5.82 Å². The molecule has 1 heterocycles. The lowest BCUT2D eigenvalue weighted by Gasteiger charge is -2.15. The number of ether oxygens (including phenoxy) is 1. The summed E-state index contributed by atoms with van der Waals surface area (Å²) in [6.45, 7) is 1.99. The molecule has 3 nitrogen and oxygen atoms in total. The number of benzene rings is 1. The number of anilines is 1. The Labute approximate surface area is 94.9 Å². The average Bonchev–Trinajstić information content (AvgIpc) is 2.33. The van der Waals surface area contributed by atoms with Crippen molar-refractivity contribution in [1.82, 2.24) is 4.98 Å². The van der Waals surface area contributed by atoms with Gasteiger partial charge in [0.15, 0.2) is 11.6 Å². The molecule has 2 rings (SSSR count). The maximum Gasteiger partial charge on any atom is 0.166 e. The quantitative estimate of drug-likeness (QED) is 0.854. The summed E-state index contributed by atoms with van der Waals surface area (Å²) < 4.78 is 5.74. The van der Waals surface area contributed by atoms with Crippen LogP contribution in [-0.2, 0) is 0 Å². The Morgan fingerprint density at radius 2 is 1.88 bits per heavy atom. The third kappa shape index (κ3) is 2.31. The summed E-state index contributed by atoms with van der Waals surface area (Å²) in [5.74, 6) is 1.05. The zero-order chi connectivity index (χ0) is 11.4. The van der Waals surface area contributed by atoms with Crippen LogP contribution in [0.15, 0.2) is 48.7 Å². The highest BCUT2D eigenvalue weighted by Crippen LogP contribution is 2.24. The number of pyridine rings is 1. The van der Waals surface area contributed by atoms with Crippen LogP contribution in [0, 0.1) is 0 Å². The smallest absolute Gasteiger partial charge is 0.166 e. The maximum atomic E-state index is 5.74. The number of hydrogen-bond donors (Lipinski definition) is 1. The molecule has 1 aromatic carbocycles. The molecular formula is C13H14N2O. The van der Waals surface area contributed by atoms with E-state index in [0.29, 0.717) is 11.6 Å². The Hall–Kier alpha value is -2.03. The number of rotatable bonds is 3. The number of aromatic nitrogens is 1. The third-order valence-electron chi connectivity index (χ3n) is 2.37. The molecule has 1 aromatic heterocycles. The van der Waals surface area contributed by atoms with E-state index in [2.05, 4.69) is 4.98 Å². The molecule has 0 aliphatic heterocycles. The Balaban J connectivity index is 2.14. The lowest BCUT2D eigenvalue weighted by molar-refractivity contribution is 0.227. The summed E-state index contributed by atoms with van der Waals surface area (Å²) >= 11 is 0. The molecule has 1 atom stereocenters. The molecule has 16 heavy (non-hydrogen) atoms. The largest absolute Gasteiger partial charge is 0.482 e. The van der Waals surface area contributed by atoms with Crippen molar-refractivity contribution < 1.29 is 4.74 Å². The van der Waals surface area contributed by atoms with Crippen molar-refractivity contribution in [3.8, 4) is 5.75 Å². The van der Waals surface area contributed by atoms with Crippen LogP contribution in [0.25, 0.3) is 0 Å². The fourth-order valence-corrected chi connectivity index (χ4v) is 1.48. The molecular weight excluding hydrogens is 200 g/mol. The van der Waals surface area contributed by atoms with E-state index < -0.39 is 0 Å². The summed E-state index contributed by atoms with van der Waals surface area (Å²) in [4.78, 5) is 3.98. The first-order chi connectivity index (χ1) is 7.77. The van der Waals surface area contributed by atoms with E-state index in [1.54, 1.807) is 6.20 Å². The average molecular weight is 214 g/mol. The Bertz CT molecular complexity index is 456. The van der Waals surface area contributed by atoms with E-state index in [-0.39, 0.29) is 6.10 Å². The monoisotopic (exact) mass is 214 g/mol. The van der Waals surface area contributed by atoms with Gasteiger partial charge in [-0.15, -0.1) is 0 Å². The van der Waals surface area contributed by atoms with Crippen LogP contribution in [0.5, 0.6) is 5.75 Å². The first kappa shape index (κ1) is 10.5. The molecule has 2 aromatic rings. The zero-order valence-corrected chi connectivity index (χ0v) is 9.13. The lowest BCUT2D eigenvalue weighted by atomic mass is 10.1. The first-order valence-electron chi connectivity index (χ1n) is 5.19. The van der Waals surface area contributed by atoms with Gasteiger partial charge in [-0.05, 0) is 24.6 Å². The van der Waals surface area contributed by atoms with Gasteiger partial charge in [0.2, 0.25) is 0 Å². The summed E-state index contributed by atoms with van der Waals surface area (Å²) in [6, 6.07) is 13.6. The van der Waals surface area contributed by atoms with E-state index in [4.69, 9.17) is 10.5 Å². The minimum absolute atomic E-state index is 0.0345. The second-order valence-electron chi connectivity index (χ2n) is 3.56. The lowest BCUT2D eigenvalue weighted by Crippen LogP contribution is -2.05. The van der Waals surface area contributed by atoms with Crippen molar-refractivity contribution in [2.45, 2.75) is 13.0 Å².